The Balaban J connectivity index is 2.64. The average molecular weight is 280 g/mol. The van der Waals surface area contributed by atoms with E-state index >= 15 is 0 Å². The Morgan fingerprint density at radius 2 is 1.68 bits per heavy atom. The van der Waals surface area contributed by atoms with Gasteiger partial charge in [0.25, 0.3) is 0 Å². The molecule has 1 aromatic rings. The van der Waals surface area contributed by atoms with Crippen LogP contribution in [-0.2, 0) is 14.8 Å². The Morgan fingerprint density at radius 3 is 2.21 bits per heavy atom. The zero-order chi connectivity index (χ0) is 14.3. The molecule has 0 aliphatic carbocycles. The summed E-state index contributed by atoms with van der Waals surface area (Å²) in [5, 5.41) is 2.65. The third kappa shape index (κ3) is 6.42. The van der Waals surface area contributed by atoms with E-state index in [2.05, 4.69) is 10.0 Å². The van der Waals surface area contributed by atoms with E-state index in [4.69, 9.17) is 0 Å². The Morgan fingerprint density at radius 1 is 1.11 bits per heavy atom. The Bertz CT molecular complexity index is 587. The molecule has 0 saturated carbocycles. The summed E-state index contributed by atoms with van der Waals surface area (Å²) in [7, 11) is -3.28. The van der Waals surface area contributed by atoms with Crippen LogP contribution < -0.4 is 10.0 Å². The second kappa shape index (κ2) is 6.75. The lowest BCUT2D eigenvalue weighted by Crippen LogP contribution is -2.10. The number of anilines is 2. The molecule has 0 aliphatic rings. The van der Waals surface area contributed by atoms with Crippen molar-refractivity contribution in [2.24, 2.45) is 0 Å². The van der Waals surface area contributed by atoms with Crippen LogP contribution in [0.5, 0.6) is 0 Å². The second-order valence-corrected chi connectivity index (χ2v) is 5.57. The largest absolute Gasteiger partial charge is 0.323 e. The standard InChI is InChI=1S/C13H16N2O3S/c1-3-4-5-6-13(16)14-11-7-9-12(10-8-11)15-19(2,17)18/h3-10,15H,1-2H3,(H,14,16)/b4-3+,6-5+. The van der Waals surface area contributed by atoms with Gasteiger partial charge >= 0.3 is 0 Å². The molecule has 102 valence electrons. The first-order chi connectivity index (χ1) is 8.90. The predicted molar refractivity (Wildman–Crippen MR) is 77.5 cm³/mol. The predicted octanol–water partition coefficient (Wildman–Crippen LogP) is 2.13. The summed E-state index contributed by atoms with van der Waals surface area (Å²) >= 11 is 0. The summed E-state index contributed by atoms with van der Waals surface area (Å²) in [4.78, 5) is 11.5. The van der Waals surface area contributed by atoms with E-state index in [1.807, 2.05) is 13.0 Å². The molecule has 0 bridgehead atoms. The first-order valence-electron chi connectivity index (χ1n) is 5.59. The number of carbonyl (C=O) groups excluding carboxylic acids is 1. The molecule has 0 radical (unpaired) electrons. The highest BCUT2D eigenvalue weighted by molar-refractivity contribution is 7.92. The van der Waals surface area contributed by atoms with Crippen molar-refractivity contribution in [3.8, 4) is 0 Å². The molecule has 0 atom stereocenters. The highest BCUT2D eigenvalue weighted by Gasteiger charge is 2.02. The van der Waals surface area contributed by atoms with E-state index in [0.717, 1.165) is 6.26 Å². The zero-order valence-corrected chi connectivity index (χ0v) is 11.6. The smallest absolute Gasteiger partial charge is 0.248 e. The second-order valence-electron chi connectivity index (χ2n) is 3.83. The van der Waals surface area contributed by atoms with Gasteiger partial charge in [-0.1, -0.05) is 18.2 Å². The molecule has 0 fully saturated rings. The van der Waals surface area contributed by atoms with E-state index in [1.54, 1.807) is 36.4 Å². The molecular formula is C13H16N2O3S. The van der Waals surface area contributed by atoms with E-state index < -0.39 is 10.0 Å². The van der Waals surface area contributed by atoms with Crippen molar-refractivity contribution < 1.29 is 13.2 Å². The molecule has 0 heterocycles. The van der Waals surface area contributed by atoms with Gasteiger partial charge in [-0.05, 0) is 31.2 Å². The van der Waals surface area contributed by atoms with Crippen LogP contribution in [0.4, 0.5) is 11.4 Å². The summed E-state index contributed by atoms with van der Waals surface area (Å²) in [5.74, 6) is -0.248. The van der Waals surface area contributed by atoms with Crippen LogP contribution >= 0.6 is 0 Å². The number of carbonyl (C=O) groups is 1. The maximum absolute atomic E-state index is 11.5. The maximum Gasteiger partial charge on any atom is 0.248 e. The van der Waals surface area contributed by atoms with Gasteiger partial charge in [0.1, 0.15) is 0 Å². The van der Waals surface area contributed by atoms with Gasteiger partial charge in [-0.15, -0.1) is 0 Å². The molecule has 1 rings (SSSR count). The maximum atomic E-state index is 11.5. The number of nitrogens with one attached hydrogen (secondary N) is 2. The SMILES string of the molecule is C/C=C/C=C/C(=O)Nc1ccc(NS(C)(=O)=O)cc1. The normalized spacial score (nSPS) is 11.9. The van der Waals surface area contributed by atoms with Crippen LogP contribution in [0, 0.1) is 0 Å². The van der Waals surface area contributed by atoms with Gasteiger partial charge < -0.3 is 5.32 Å². The number of sulfonamides is 1. The average Bonchev–Trinajstić information content (AvgIpc) is 2.30. The minimum absolute atomic E-state index is 0.248. The molecule has 1 amide bonds. The van der Waals surface area contributed by atoms with Gasteiger partial charge in [-0.25, -0.2) is 8.42 Å². The van der Waals surface area contributed by atoms with Crippen molar-refractivity contribution >= 4 is 27.3 Å². The summed E-state index contributed by atoms with van der Waals surface area (Å²) in [5.41, 5.74) is 1.04. The molecular weight excluding hydrogens is 264 g/mol. The van der Waals surface area contributed by atoms with Crippen molar-refractivity contribution in [1.82, 2.24) is 0 Å². The van der Waals surface area contributed by atoms with Gasteiger partial charge in [-0.3, -0.25) is 9.52 Å². The van der Waals surface area contributed by atoms with Crippen molar-refractivity contribution in [1.29, 1.82) is 0 Å². The summed E-state index contributed by atoms with van der Waals surface area (Å²) in [6.07, 6.45) is 7.68. The van der Waals surface area contributed by atoms with Crippen LogP contribution in [0.3, 0.4) is 0 Å². The fourth-order valence-electron chi connectivity index (χ4n) is 1.27. The van der Waals surface area contributed by atoms with Gasteiger partial charge in [0.15, 0.2) is 0 Å². The third-order valence-electron chi connectivity index (χ3n) is 2.01. The van der Waals surface area contributed by atoms with Crippen LogP contribution in [-0.4, -0.2) is 20.6 Å². The van der Waals surface area contributed by atoms with E-state index in [1.165, 1.54) is 6.08 Å². The van der Waals surface area contributed by atoms with E-state index in [0.29, 0.717) is 11.4 Å². The highest BCUT2D eigenvalue weighted by Crippen LogP contribution is 2.14. The first-order valence-corrected chi connectivity index (χ1v) is 7.48. The molecule has 0 unspecified atom stereocenters. The summed E-state index contributed by atoms with van der Waals surface area (Å²) in [6, 6.07) is 6.39. The third-order valence-corrected chi connectivity index (χ3v) is 2.61. The molecule has 0 saturated heterocycles. The van der Waals surface area contributed by atoms with Crippen LogP contribution in [0.25, 0.3) is 0 Å². The molecule has 0 spiro atoms. The van der Waals surface area contributed by atoms with Crippen molar-refractivity contribution in [3.63, 3.8) is 0 Å². The monoisotopic (exact) mass is 280 g/mol. The fourth-order valence-corrected chi connectivity index (χ4v) is 1.84. The fraction of sp³-hybridized carbons (Fsp3) is 0.154. The molecule has 6 heteroatoms. The topological polar surface area (TPSA) is 75.3 Å². The Labute approximate surface area is 113 Å². The van der Waals surface area contributed by atoms with Gasteiger partial charge in [0, 0.05) is 17.5 Å². The minimum Gasteiger partial charge on any atom is -0.323 e. The van der Waals surface area contributed by atoms with Crippen molar-refractivity contribution in [2.45, 2.75) is 6.92 Å². The highest BCUT2D eigenvalue weighted by atomic mass is 32.2. The zero-order valence-electron chi connectivity index (χ0n) is 10.8. The number of allylic oxidation sites excluding steroid dienone is 3. The lowest BCUT2D eigenvalue weighted by molar-refractivity contribution is -0.111. The number of benzene rings is 1. The Hall–Kier alpha value is -2.08. The molecule has 5 nitrogen and oxygen atoms in total. The molecule has 19 heavy (non-hydrogen) atoms. The minimum atomic E-state index is -3.28. The quantitative estimate of drug-likeness (QED) is 0.641. The summed E-state index contributed by atoms with van der Waals surface area (Å²) in [6.45, 7) is 1.86. The number of rotatable bonds is 5. The van der Waals surface area contributed by atoms with Gasteiger partial charge in [0.05, 0.1) is 6.26 Å². The van der Waals surface area contributed by atoms with E-state index in [9.17, 15) is 13.2 Å². The molecule has 0 aromatic heterocycles. The number of hydrogen-bond acceptors (Lipinski definition) is 3. The number of hydrogen-bond donors (Lipinski definition) is 2. The van der Waals surface area contributed by atoms with E-state index in [-0.39, 0.29) is 5.91 Å². The summed E-state index contributed by atoms with van der Waals surface area (Å²) < 4.78 is 24.4. The lowest BCUT2D eigenvalue weighted by Gasteiger charge is -2.05. The van der Waals surface area contributed by atoms with Crippen LogP contribution in [0.1, 0.15) is 6.92 Å². The lowest BCUT2D eigenvalue weighted by atomic mass is 10.3. The first kappa shape index (κ1) is 15.0. The number of amides is 1. The molecule has 2 N–H and O–H groups in total. The Kier molecular flexibility index (Phi) is 5.32. The molecule has 0 aliphatic heterocycles. The van der Waals surface area contributed by atoms with Crippen molar-refractivity contribution in [3.05, 3.63) is 48.6 Å². The molecule has 1 aromatic carbocycles. The van der Waals surface area contributed by atoms with Crippen LogP contribution in [0.15, 0.2) is 48.6 Å². The van der Waals surface area contributed by atoms with Crippen LogP contribution in [0.2, 0.25) is 0 Å². The van der Waals surface area contributed by atoms with Crippen molar-refractivity contribution in [2.75, 3.05) is 16.3 Å². The van der Waals surface area contributed by atoms with Gasteiger partial charge in [0.2, 0.25) is 15.9 Å². The van der Waals surface area contributed by atoms with Gasteiger partial charge in [-0.2, -0.15) is 0 Å².